The molecule has 1 N–H and O–H groups in total. The van der Waals surface area contributed by atoms with Crippen LogP contribution in [0.25, 0.3) is 0 Å². The molecule has 4 saturated heterocycles. The van der Waals surface area contributed by atoms with Gasteiger partial charge in [0.25, 0.3) is 0 Å². The summed E-state index contributed by atoms with van der Waals surface area (Å²) in [5, 5.41) is 4.80. The Hall–Kier alpha value is -1.52. The third-order valence-corrected chi connectivity index (χ3v) is 8.82. The number of rotatable bonds is 6. The van der Waals surface area contributed by atoms with Crippen molar-refractivity contribution in [3.8, 4) is 0 Å². The largest absolute Gasteiger partial charge is 0.435 e. The van der Waals surface area contributed by atoms with Crippen molar-refractivity contribution in [3.63, 3.8) is 0 Å². The van der Waals surface area contributed by atoms with Crippen LogP contribution < -0.4 is 5.32 Å². The van der Waals surface area contributed by atoms with Crippen LogP contribution in [0.3, 0.4) is 0 Å². The van der Waals surface area contributed by atoms with Crippen molar-refractivity contribution in [1.29, 1.82) is 0 Å². The molecule has 182 valence electrons. The normalized spacial score (nSPS) is 41.7. The molecule has 4 aliphatic heterocycles. The lowest BCUT2D eigenvalue weighted by atomic mass is 9.58. The van der Waals surface area contributed by atoms with Gasteiger partial charge in [-0.15, -0.1) is 11.3 Å². The molecule has 0 radical (unpaired) electrons. The minimum absolute atomic E-state index is 0.00116. The van der Waals surface area contributed by atoms with E-state index in [0.717, 1.165) is 30.6 Å². The van der Waals surface area contributed by atoms with Crippen molar-refractivity contribution >= 4 is 23.2 Å². The van der Waals surface area contributed by atoms with Crippen LogP contribution in [-0.4, -0.2) is 35.8 Å². The SMILES string of the molecule is CC1CCC2C(C)C(OC(=O)CCC(=O)NCc3cccs3)OC3OC4(C)CCC1C32OO4. The maximum absolute atomic E-state index is 12.6. The van der Waals surface area contributed by atoms with E-state index in [2.05, 4.69) is 12.2 Å². The second-order valence-corrected chi connectivity index (χ2v) is 11.2. The van der Waals surface area contributed by atoms with Gasteiger partial charge in [-0.25, -0.2) is 9.78 Å². The lowest BCUT2D eigenvalue weighted by Gasteiger charge is -2.59. The predicted octanol–water partition coefficient (Wildman–Crippen LogP) is 3.90. The van der Waals surface area contributed by atoms with Crippen LogP contribution in [0.4, 0.5) is 0 Å². The van der Waals surface area contributed by atoms with Gasteiger partial charge >= 0.3 is 5.97 Å². The van der Waals surface area contributed by atoms with Crippen LogP contribution in [0.2, 0.25) is 0 Å². The van der Waals surface area contributed by atoms with Gasteiger partial charge in [0.2, 0.25) is 18.0 Å². The zero-order chi connectivity index (χ0) is 23.2. The Kier molecular flexibility index (Phi) is 6.28. The molecule has 5 aliphatic rings. The molecular weight excluding hydrogens is 446 g/mol. The Morgan fingerprint density at radius 1 is 1.18 bits per heavy atom. The van der Waals surface area contributed by atoms with E-state index in [1.165, 1.54) is 0 Å². The lowest BCUT2D eigenvalue weighted by molar-refractivity contribution is -0.576. The monoisotopic (exact) mass is 479 g/mol. The number of hydrogen-bond acceptors (Lipinski definition) is 8. The van der Waals surface area contributed by atoms with Gasteiger partial charge in [-0.2, -0.15) is 0 Å². The molecule has 33 heavy (non-hydrogen) atoms. The Labute approximate surface area is 198 Å². The summed E-state index contributed by atoms with van der Waals surface area (Å²) in [6.45, 7) is 6.64. The average Bonchev–Trinajstić information content (AvgIpc) is 3.21. The molecule has 1 aromatic rings. The zero-order valence-corrected chi connectivity index (χ0v) is 20.2. The molecule has 1 saturated carbocycles. The second-order valence-electron chi connectivity index (χ2n) is 10.1. The fourth-order valence-corrected chi connectivity index (χ4v) is 6.74. The van der Waals surface area contributed by atoms with Gasteiger partial charge in [-0.05, 0) is 49.5 Å². The van der Waals surface area contributed by atoms with Gasteiger partial charge in [0.1, 0.15) is 0 Å². The highest BCUT2D eigenvalue weighted by Crippen LogP contribution is 2.60. The predicted molar refractivity (Wildman–Crippen MR) is 118 cm³/mol. The van der Waals surface area contributed by atoms with Crippen molar-refractivity contribution in [2.45, 2.75) is 89.8 Å². The van der Waals surface area contributed by atoms with E-state index in [4.69, 9.17) is 24.0 Å². The number of ether oxygens (including phenoxy) is 3. The third kappa shape index (κ3) is 4.23. The minimum Gasteiger partial charge on any atom is -0.435 e. The fraction of sp³-hybridized carbons (Fsp3) is 0.750. The first-order chi connectivity index (χ1) is 15.8. The quantitative estimate of drug-likeness (QED) is 0.489. The second kappa shape index (κ2) is 8.92. The minimum atomic E-state index is -0.868. The molecule has 1 aromatic heterocycles. The molecule has 1 amide bonds. The maximum atomic E-state index is 12.6. The van der Waals surface area contributed by atoms with Gasteiger partial charge in [0.05, 0.1) is 13.0 Å². The van der Waals surface area contributed by atoms with Crippen LogP contribution in [0.15, 0.2) is 17.5 Å². The van der Waals surface area contributed by atoms with Crippen molar-refractivity contribution < 1.29 is 33.6 Å². The topological polar surface area (TPSA) is 92.3 Å². The Morgan fingerprint density at radius 2 is 2.03 bits per heavy atom. The molecule has 5 fully saturated rings. The summed E-state index contributed by atoms with van der Waals surface area (Å²) in [5.41, 5.74) is -0.683. The number of amides is 1. The summed E-state index contributed by atoms with van der Waals surface area (Å²) in [7, 11) is 0. The highest BCUT2D eigenvalue weighted by Gasteiger charge is 2.69. The van der Waals surface area contributed by atoms with Crippen molar-refractivity contribution in [3.05, 3.63) is 22.4 Å². The third-order valence-electron chi connectivity index (χ3n) is 7.94. The molecule has 8 atom stereocenters. The van der Waals surface area contributed by atoms with Crippen molar-refractivity contribution in [2.24, 2.45) is 23.7 Å². The van der Waals surface area contributed by atoms with Gasteiger partial charge < -0.3 is 19.5 Å². The molecule has 9 heteroatoms. The van der Waals surface area contributed by atoms with E-state index in [-0.39, 0.29) is 36.5 Å². The highest BCUT2D eigenvalue weighted by atomic mass is 32.1. The van der Waals surface area contributed by atoms with Crippen molar-refractivity contribution in [2.75, 3.05) is 0 Å². The number of esters is 1. The molecule has 8 unspecified atom stereocenters. The molecule has 5 heterocycles. The Bertz CT molecular complexity index is 878. The molecule has 1 aliphatic carbocycles. The van der Waals surface area contributed by atoms with Crippen LogP contribution in [0.1, 0.15) is 64.2 Å². The number of hydrogen-bond donors (Lipinski definition) is 1. The highest BCUT2D eigenvalue weighted by molar-refractivity contribution is 7.09. The standard InChI is InChI=1S/C24H33NO7S/c1-14-6-7-18-15(2)21(28-20(27)9-8-19(26)25-13-16-5-4-12-33-16)29-22-24(18)17(14)10-11-23(3,30-22)31-32-24/h4-5,12,14-15,17-18,21-22H,6-11,13H2,1-3H3,(H,25,26). The van der Waals surface area contributed by atoms with E-state index >= 15 is 0 Å². The summed E-state index contributed by atoms with van der Waals surface area (Å²) in [6.07, 6.45) is 2.38. The Balaban J connectivity index is 1.22. The zero-order valence-electron chi connectivity index (χ0n) is 19.4. The van der Waals surface area contributed by atoms with Gasteiger partial charge in [-0.1, -0.05) is 19.9 Å². The maximum Gasteiger partial charge on any atom is 0.308 e. The first-order valence-electron chi connectivity index (χ1n) is 12.0. The molecule has 1 spiro atoms. The summed E-state index contributed by atoms with van der Waals surface area (Å²) >= 11 is 1.58. The average molecular weight is 480 g/mol. The molecule has 2 bridgehead atoms. The number of nitrogens with one attached hydrogen (secondary N) is 1. The molecule has 6 rings (SSSR count). The number of fused-ring (bicyclic) bond motifs is 2. The van der Waals surface area contributed by atoms with E-state index in [0.29, 0.717) is 12.5 Å². The number of carbonyl (C=O) groups is 2. The van der Waals surface area contributed by atoms with E-state index < -0.39 is 29.9 Å². The molecule has 8 nitrogen and oxygen atoms in total. The smallest absolute Gasteiger partial charge is 0.308 e. The van der Waals surface area contributed by atoms with E-state index in [1.54, 1.807) is 11.3 Å². The first kappa shape index (κ1) is 23.2. The van der Waals surface area contributed by atoms with Crippen LogP contribution in [0, 0.1) is 23.7 Å². The van der Waals surface area contributed by atoms with Gasteiger partial charge in [0, 0.05) is 29.6 Å². The van der Waals surface area contributed by atoms with Gasteiger partial charge in [-0.3, -0.25) is 9.59 Å². The Morgan fingerprint density at radius 3 is 2.82 bits per heavy atom. The summed E-state index contributed by atoms with van der Waals surface area (Å²) < 4.78 is 18.3. The number of thiophene rings is 1. The molecular formula is C24H33NO7S. The fourth-order valence-electron chi connectivity index (χ4n) is 6.10. The van der Waals surface area contributed by atoms with Crippen LogP contribution in [0.5, 0.6) is 0 Å². The van der Waals surface area contributed by atoms with E-state index in [1.807, 2.05) is 31.4 Å². The van der Waals surface area contributed by atoms with Crippen molar-refractivity contribution in [1.82, 2.24) is 5.32 Å². The van der Waals surface area contributed by atoms with E-state index in [9.17, 15) is 9.59 Å². The molecule has 0 aromatic carbocycles. The van der Waals surface area contributed by atoms with Crippen LogP contribution >= 0.6 is 11.3 Å². The first-order valence-corrected chi connectivity index (χ1v) is 12.9. The van der Waals surface area contributed by atoms with Gasteiger partial charge in [0.15, 0.2) is 11.9 Å². The summed E-state index contributed by atoms with van der Waals surface area (Å²) in [4.78, 5) is 37.7. The summed E-state index contributed by atoms with van der Waals surface area (Å²) in [6, 6.07) is 3.90. The lowest BCUT2D eigenvalue weighted by Crippen LogP contribution is -2.70. The van der Waals surface area contributed by atoms with Crippen LogP contribution in [-0.2, 0) is 40.1 Å². The summed E-state index contributed by atoms with van der Waals surface area (Å²) in [5.74, 6) is -0.751. The number of carbonyl (C=O) groups excluding carboxylic acids is 2.